The van der Waals surface area contributed by atoms with E-state index in [4.69, 9.17) is 0 Å². The Kier molecular flexibility index (Phi) is 5.17. The van der Waals surface area contributed by atoms with Crippen molar-refractivity contribution in [3.63, 3.8) is 0 Å². The van der Waals surface area contributed by atoms with Crippen molar-refractivity contribution in [1.29, 1.82) is 0 Å². The Morgan fingerprint density at radius 2 is 1.88 bits per heavy atom. The van der Waals surface area contributed by atoms with E-state index < -0.39 is 11.3 Å². The second kappa shape index (κ2) is 7.49. The lowest BCUT2D eigenvalue weighted by Crippen LogP contribution is -2.35. The van der Waals surface area contributed by atoms with Crippen molar-refractivity contribution < 1.29 is 22.8 Å². The molecule has 4 rings (SSSR count). The van der Waals surface area contributed by atoms with Gasteiger partial charge in [-0.05, 0) is 54.4 Å². The molecule has 0 amide bonds. The van der Waals surface area contributed by atoms with Gasteiger partial charge in [0.1, 0.15) is 12.1 Å². The molecule has 1 aromatic heterocycles. The van der Waals surface area contributed by atoms with Crippen LogP contribution in [0.5, 0.6) is 5.75 Å². The normalized spacial score (nSPS) is 24.3. The van der Waals surface area contributed by atoms with Gasteiger partial charge < -0.3 is 15.0 Å². The first kappa shape index (κ1) is 22.1. The Hall–Kier alpha value is -3.11. The molecule has 1 aromatic carbocycles. The predicted molar refractivity (Wildman–Crippen MR) is 112 cm³/mol. The number of aromatic nitrogens is 2. The van der Waals surface area contributed by atoms with Crippen LogP contribution in [0.4, 0.5) is 36.2 Å². The number of anilines is 3. The van der Waals surface area contributed by atoms with E-state index in [0.717, 1.165) is 31.4 Å². The fourth-order valence-electron chi connectivity index (χ4n) is 5.42. The summed E-state index contributed by atoms with van der Waals surface area (Å²) in [5.41, 5.74) is 0.264. The van der Waals surface area contributed by atoms with Crippen molar-refractivity contribution in [2.24, 2.45) is 10.8 Å². The van der Waals surface area contributed by atoms with Crippen molar-refractivity contribution in [2.75, 3.05) is 16.8 Å². The van der Waals surface area contributed by atoms with Crippen LogP contribution in [0.1, 0.15) is 40.0 Å². The van der Waals surface area contributed by atoms with E-state index in [0.29, 0.717) is 12.2 Å². The summed E-state index contributed by atoms with van der Waals surface area (Å²) in [6.45, 7) is 7.31. The van der Waals surface area contributed by atoms with Gasteiger partial charge in [0.25, 0.3) is 0 Å². The molecule has 0 spiro atoms. The molecule has 1 aliphatic heterocycles. The molecule has 32 heavy (non-hydrogen) atoms. The second-order valence-electron chi connectivity index (χ2n) is 9.69. The van der Waals surface area contributed by atoms with Gasteiger partial charge in [0.15, 0.2) is 0 Å². The molecule has 2 fully saturated rings. The maximum atomic E-state index is 12.4. The average molecular weight is 451 g/mol. The minimum atomic E-state index is -4.80. The van der Waals surface area contributed by atoms with Crippen LogP contribution in [0.3, 0.4) is 0 Å². The summed E-state index contributed by atoms with van der Waals surface area (Å²) in [6.07, 6.45) is -0.645. The molecular weight excluding hydrogens is 427 g/mol. The standard InChI is InChI=1S/C21H24F3N5O3/c1-19(2)8-14-9-20(3,10-19)11-28(14)18-16(29(30)31)17(25-12-26-18)27-13-4-6-15(7-5-13)32-21(22,23)24/h4-7,12,14H,8-11H2,1-3H3,(H,25,26,27). The Bertz CT molecular complexity index is 1030. The van der Waals surface area contributed by atoms with Crippen LogP contribution in [-0.4, -0.2) is 33.8 Å². The van der Waals surface area contributed by atoms with Gasteiger partial charge in [-0.1, -0.05) is 20.8 Å². The Balaban J connectivity index is 1.63. The quantitative estimate of drug-likeness (QED) is 0.478. The molecule has 2 aromatic rings. The number of ether oxygens (including phenoxy) is 1. The number of hydrogen-bond acceptors (Lipinski definition) is 7. The van der Waals surface area contributed by atoms with E-state index in [2.05, 4.69) is 40.8 Å². The molecule has 2 atom stereocenters. The molecule has 2 aliphatic rings. The number of nitrogens with zero attached hydrogens (tertiary/aromatic N) is 4. The molecule has 1 saturated carbocycles. The zero-order chi connectivity index (χ0) is 23.3. The Labute approximate surface area is 183 Å². The van der Waals surface area contributed by atoms with Crippen LogP contribution in [0.15, 0.2) is 30.6 Å². The van der Waals surface area contributed by atoms with E-state index in [-0.39, 0.29) is 39.9 Å². The summed E-state index contributed by atoms with van der Waals surface area (Å²) in [5, 5.41) is 14.9. The summed E-state index contributed by atoms with van der Waals surface area (Å²) < 4.78 is 40.9. The molecule has 2 bridgehead atoms. The van der Waals surface area contributed by atoms with Crippen LogP contribution in [-0.2, 0) is 0 Å². The molecule has 1 aliphatic carbocycles. The van der Waals surface area contributed by atoms with Crippen LogP contribution >= 0.6 is 0 Å². The number of nitrogens with one attached hydrogen (secondary N) is 1. The van der Waals surface area contributed by atoms with E-state index in [9.17, 15) is 23.3 Å². The third-order valence-corrected chi connectivity index (χ3v) is 6.02. The summed E-state index contributed by atoms with van der Waals surface area (Å²) in [5.74, 6) is -0.146. The molecule has 2 heterocycles. The smallest absolute Gasteiger partial charge is 0.406 e. The lowest BCUT2D eigenvalue weighted by molar-refractivity contribution is -0.383. The Morgan fingerprint density at radius 1 is 1.19 bits per heavy atom. The lowest BCUT2D eigenvalue weighted by Gasteiger charge is -2.39. The molecule has 11 heteroatoms. The minimum absolute atomic E-state index is 0.0182. The summed E-state index contributed by atoms with van der Waals surface area (Å²) in [6, 6.07) is 5.05. The van der Waals surface area contributed by atoms with Crippen molar-refractivity contribution in [2.45, 2.75) is 52.4 Å². The summed E-state index contributed by atoms with van der Waals surface area (Å²) in [4.78, 5) is 21.8. The van der Waals surface area contributed by atoms with Gasteiger partial charge >= 0.3 is 12.0 Å². The van der Waals surface area contributed by atoms with E-state index in [1.54, 1.807) is 0 Å². The van der Waals surface area contributed by atoms with E-state index in [1.807, 2.05) is 4.90 Å². The van der Waals surface area contributed by atoms with Crippen LogP contribution < -0.4 is 15.0 Å². The topological polar surface area (TPSA) is 93.4 Å². The number of benzene rings is 1. The number of alkyl halides is 3. The SMILES string of the molecule is CC1(C)CC2CC(C)(CN2c2ncnc(Nc3ccc(OC(F)(F)F)cc3)c2[N+](=O)[O-])C1. The predicted octanol–water partition coefficient (Wildman–Crippen LogP) is 5.43. The lowest BCUT2D eigenvalue weighted by atomic mass is 9.65. The molecule has 2 unspecified atom stereocenters. The van der Waals surface area contributed by atoms with Gasteiger partial charge in [0.05, 0.1) is 4.92 Å². The largest absolute Gasteiger partial charge is 0.573 e. The molecule has 1 N–H and O–H groups in total. The first-order chi connectivity index (χ1) is 14.8. The highest BCUT2D eigenvalue weighted by molar-refractivity contribution is 5.75. The maximum Gasteiger partial charge on any atom is 0.573 e. The first-order valence-electron chi connectivity index (χ1n) is 10.2. The zero-order valence-corrected chi connectivity index (χ0v) is 17.9. The number of nitro groups is 1. The zero-order valence-electron chi connectivity index (χ0n) is 17.9. The van der Waals surface area contributed by atoms with Crippen LogP contribution in [0, 0.1) is 20.9 Å². The highest BCUT2D eigenvalue weighted by Crippen LogP contribution is 2.54. The molecule has 1 saturated heterocycles. The number of rotatable bonds is 5. The molecular formula is C21H24F3N5O3. The van der Waals surface area contributed by atoms with Crippen LogP contribution in [0.25, 0.3) is 0 Å². The van der Waals surface area contributed by atoms with Crippen molar-refractivity contribution in [3.05, 3.63) is 40.7 Å². The fourth-order valence-corrected chi connectivity index (χ4v) is 5.42. The summed E-state index contributed by atoms with van der Waals surface area (Å²) >= 11 is 0. The monoisotopic (exact) mass is 451 g/mol. The van der Waals surface area contributed by atoms with Gasteiger partial charge in [0.2, 0.25) is 11.6 Å². The van der Waals surface area contributed by atoms with Gasteiger partial charge in [-0.2, -0.15) is 0 Å². The second-order valence-corrected chi connectivity index (χ2v) is 9.69. The first-order valence-corrected chi connectivity index (χ1v) is 10.2. The molecule has 8 nitrogen and oxygen atoms in total. The summed E-state index contributed by atoms with van der Waals surface area (Å²) in [7, 11) is 0. The number of halogens is 3. The molecule has 0 radical (unpaired) electrons. The Morgan fingerprint density at radius 3 is 2.50 bits per heavy atom. The third-order valence-electron chi connectivity index (χ3n) is 6.02. The highest BCUT2D eigenvalue weighted by Gasteiger charge is 2.51. The third kappa shape index (κ3) is 4.56. The fraction of sp³-hybridized carbons (Fsp3) is 0.524. The number of fused-ring (bicyclic) bond motifs is 2. The maximum absolute atomic E-state index is 12.4. The average Bonchev–Trinajstić information content (AvgIpc) is 2.90. The van der Waals surface area contributed by atoms with Crippen molar-refractivity contribution in [3.8, 4) is 5.75 Å². The van der Waals surface area contributed by atoms with Crippen LogP contribution in [0.2, 0.25) is 0 Å². The van der Waals surface area contributed by atoms with Gasteiger partial charge in [-0.25, -0.2) is 9.97 Å². The van der Waals surface area contributed by atoms with Crippen molar-refractivity contribution >= 4 is 23.0 Å². The van der Waals surface area contributed by atoms with Crippen molar-refractivity contribution in [1.82, 2.24) is 9.97 Å². The highest BCUT2D eigenvalue weighted by atomic mass is 19.4. The number of hydrogen-bond donors (Lipinski definition) is 1. The van der Waals surface area contributed by atoms with Gasteiger partial charge in [0, 0.05) is 18.3 Å². The van der Waals surface area contributed by atoms with E-state index >= 15 is 0 Å². The minimum Gasteiger partial charge on any atom is -0.406 e. The van der Waals surface area contributed by atoms with Gasteiger partial charge in [-0.3, -0.25) is 10.1 Å². The van der Waals surface area contributed by atoms with E-state index in [1.165, 1.54) is 18.5 Å². The van der Waals surface area contributed by atoms with Gasteiger partial charge in [-0.15, -0.1) is 13.2 Å². The molecule has 172 valence electrons.